The molecule has 0 aliphatic heterocycles. The first-order valence-electron chi connectivity index (χ1n) is 6.53. The molecular formula is C14H18N2O3S. The third kappa shape index (κ3) is 3.91. The molecule has 3 N–H and O–H groups in total. The molecule has 0 bridgehead atoms. The number of nitrogens with two attached hydrogens (primary N) is 1. The summed E-state index contributed by atoms with van der Waals surface area (Å²) in [5.74, 6) is -0.850. The zero-order valence-corrected chi connectivity index (χ0v) is 11.8. The molecule has 1 amide bonds. The number of primary amides is 1. The van der Waals surface area contributed by atoms with Crippen molar-refractivity contribution in [3.8, 4) is 0 Å². The van der Waals surface area contributed by atoms with Gasteiger partial charge in [0.25, 0.3) is 0 Å². The van der Waals surface area contributed by atoms with Crippen molar-refractivity contribution < 1.29 is 13.2 Å². The molecule has 0 unspecified atom stereocenters. The van der Waals surface area contributed by atoms with Crippen LogP contribution in [0.5, 0.6) is 0 Å². The van der Waals surface area contributed by atoms with E-state index < -0.39 is 27.9 Å². The molecule has 108 valence electrons. The van der Waals surface area contributed by atoms with Crippen molar-refractivity contribution in [2.24, 2.45) is 11.7 Å². The molecule has 0 spiro atoms. The van der Waals surface area contributed by atoms with E-state index in [4.69, 9.17) is 5.73 Å². The molecule has 0 aromatic heterocycles. The highest BCUT2D eigenvalue weighted by molar-refractivity contribution is 7.92. The standard InChI is InChI=1S/C14H18N2O3S/c15-14(17)12-7-4-8-13(12)16-20(18,19)10-9-11-5-2-1-3-6-11/h1-3,5-6,9-10,12-13,16H,4,7-8H2,(H2,15,17)/b10-9+/t12-,13-/m1/s1. The first-order chi connectivity index (χ1) is 9.48. The van der Waals surface area contributed by atoms with Gasteiger partial charge in [-0.1, -0.05) is 36.8 Å². The maximum absolute atomic E-state index is 12.0. The van der Waals surface area contributed by atoms with Crippen molar-refractivity contribution in [3.63, 3.8) is 0 Å². The van der Waals surface area contributed by atoms with Gasteiger partial charge >= 0.3 is 0 Å². The van der Waals surface area contributed by atoms with Gasteiger partial charge in [-0.3, -0.25) is 4.79 Å². The molecule has 2 atom stereocenters. The van der Waals surface area contributed by atoms with Crippen LogP contribution in [0, 0.1) is 5.92 Å². The summed E-state index contributed by atoms with van der Waals surface area (Å²) in [7, 11) is -3.57. The Hall–Kier alpha value is -1.66. The molecule has 1 fully saturated rings. The van der Waals surface area contributed by atoms with Gasteiger partial charge in [-0.15, -0.1) is 0 Å². The molecule has 5 nitrogen and oxygen atoms in total. The van der Waals surface area contributed by atoms with Gasteiger partial charge in [-0.05, 0) is 24.5 Å². The van der Waals surface area contributed by atoms with Gasteiger partial charge < -0.3 is 5.73 Å². The van der Waals surface area contributed by atoms with E-state index in [2.05, 4.69) is 4.72 Å². The summed E-state index contributed by atoms with van der Waals surface area (Å²) in [5.41, 5.74) is 6.08. The fourth-order valence-electron chi connectivity index (χ4n) is 2.42. The minimum Gasteiger partial charge on any atom is -0.369 e. The number of hydrogen-bond acceptors (Lipinski definition) is 3. The minimum atomic E-state index is -3.57. The molecule has 1 aromatic rings. The lowest BCUT2D eigenvalue weighted by Gasteiger charge is -2.16. The van der Waals surface area contributed by atoms with Gasteiger partial charge in [0.1, 0.15) is 0 Å². The van der Waals surface area contributed by atoms with Crippen LogP contribution in [0.1, 0.15) is 24.8 Å². The van der Waals surface area contributed by atoms with Crippen LogP contribution >= 0.6 is 0 Å². The van der Waals surface area contributed by atoms with E-state index in [9.17, 15) is 13.2 Å². The van der Waals surface area contributed by atoms with Gasteiger partial charge in [0.15, 0.2) is 0 Å². The van der Waals surface area contributed by atoms with E-state index in [1.54, 1.807) is 0 Å². The predicted molar refractivity (Wildman–Crippen MR) is 77.9 cm³/mol. The molecule has 20 heavy (non-hydrogen) atoms. The van der Waals surface area contributed by atoms with Gasteiger partial charge in [0, 0.05) is 11.4 Å². The molecular weight excluding hydrogens is 276 g/mol. The molecule has 1 aliphatic carbocycles. The van der Waals surface area contributed by atoms with Gasteiger partial charge in [-0.2, -0.15) is 0 Å². The van der Waals surface area contributed by atoms with Crippen LogP contribution in [-0.2, 0) is 14.8 Å². The highest BCUT2D eigenvalue weighted by Gasteiger charge is 2.33. The summed E-state index contributed by atoms with van der Waals surface area (Å²) < 4.78 is 26.5. The molecule has 1 saturated carbocycles. The number of rotatable bonds is 5. The number of amides is 1. The minimum absolute atomic E-state index is 0.391. The fraction of sp³-hybridized carbons (Fsp3) is 0.357. The summed E-state index contributed by atoms with van der Waals surface area (Å²) in [6.07, 6.45) is 3.62. The van der Waals surface area contributed by atoms with E-state index in [0.29, 0.717) is 12.8 Å². The molecule has 0 radical (unpaired) electrons. The zero-order valence-electron chi connectivity index (χ0n) is 11.0. The van der Waals surface area contributed by atoms with Crippen molar-refractivity contribution in [3.05, 3.63) is 41.3 Å². The Labute approximate surface area is 118 Å². The van der Waals surface area contributed by atoms with Crippen LogP contribution in [0.3, 0.4) is 0 Å². The van der Waals surface area contributed by atoms with Gasteiger partial charge in [-0.25, -0.2) is 13.1 Å². The van der Waals surface area contributed by atoms with E-state index >= 15 is 0 Å². The largest absolute Gasteiger partial charge is 0.369 e. The average Bonchev–Trinajstić information content (AvgIpc) is 2.85. The second-order valence-corrected chi connectivity index (χ2v) is 6.52. The van der Waals surface area contributed by atoms with Crippen molar-refractivity contribution in [2.45, 2.75) is 25.3 Å². The Bertz CT molecular complexity index is 596. The number of carbonyl (C=O) groups is 1. The highest BCUT2D eigenvalue weighted by atomic mass is 32.2. The molecule has 6 heteroatoms. The Balaban J connectivity index is 2.04. The Morgan fingerprint density at radius 3 is 2.60 bits per heavy atom. The van der Waals surface area contributed by atoms with E-state index in [-0.39, 0.29) is 0 Å². The first kappa shape index (κ1) is 14.7. The summed E-state index contributed by atoms with van der Waals surface area (Å²) >= 11 is 0. The maximum atomic E-state index is 12.0. The van der Waals surface area contributed by atoms with Gasteiger partial charge in [0.2, 0.25) is 15.9 Å². The normalized spacial score (nSPS) is 23.2. The van der Waals surface area contributed by atoms with Crippen molar-refractivity contribution in [1.82, 2.24) is 4.72 Å². The number of carbonyl (C=O) groups excluding carboxylic acids is 1. The quantitative estimate of drug-likeness (QED) is 0.856. The van der Waals surface area contributed by atoms with Crippen molar-refractivity contribution >= 4 is 22.0 Å². The second kappa shape index (κ2) is 6.19. The van der Waals surface area contributed by atoms with E-state index in [0.717, 1.165) is 17.4 Å². The molecule has 0 saturated heterocycles. The van der Waals surface area contributed by atoms with Crippen molar-refractivity contribution in [1.29, 1.82) is 0 Å². The predicted octanol–water partition coefficient (Wildman–Crippen LogP) is 1.23. The summed E-state index contributed by atoms with van der Waals surface area (Å²) in [5, 5.41) is 1.12. The Morgan fingerprint density at radius 2 is 1.95 bits per heavy atom. The first-order valence-corrected chi connectivity index (χ1v) is 8.07. The number of nitrogens with one attached hydrogen (secondary N) is 1. The number of benzene rings is 1. The molecule has 0 heterocycles. The third-order valence-electron chi connectivity index (χ3n) is 3.44. The summed E-state index contributed by atoms with van der Waals surface area (Å²) in [4.78, 5) is 11.2. The second-order valence-electron chi connectivity index (χ2n) is 4.92. The SMILES string of the molecule is NC(=O)[C@@H]1CCC[C@H]1NS(=O)(=O)/C=C/c1ccccc1. The topological polar surface area (TPSA) is 89.3 Å². The van der Waals surface area contributed by atoms with Crippen LogP contribution < -0.4 is 10.5 Å². The molecule has 1 aromatic carbocycles. The van der Waals surface area contributed by atoms with Crippen LogP contribution in [0.25, 0.3) is 6.08 Å². The van der Waals surface area contributed by atoms with Crippen LogP contribution in [0.4, 0.5) is 0 Å². The monoisotopic (exact) mass is 294 g/mol. The lowest BCUT2D eigenvalue weighted by molar-refractivity contribution is -0.122. The summed E-state index contributed by atoms with van der Waals surface area (Å²) in [6, 6.07) is 8.76. The average molecular weight is 294 g/mol. The van der Waals surface area contributed by atoms with E-state index in [1.165, 1.54) is 6.08 Å². The number of hydrogen-bond donors (Lipinski definition) is 2. The molecule has 1 aliphatic rings. The molecule has 2 rings (SSSR count). The third-order valence-corrected chi connectivity index (χ3v) is 4.56. The number of sulfonamides is 1. The lowest BCUT2D eigenvalue weighted by atomic mass is 10.0. The van der Waals surface area contributed by atoms with Crippen molar-refractivity contribution in [2.75, 3.05) is 0 Å². The van der Waals surface area contributed by atoms with Gasteiger partial charge in [0.05, 0.1) is 5.92 Å². The Morgan fingerprint density at radius 1 is 1.25 bits per heavy atom. The van der Waals surface area contributed by atoms with Crippen LogP contribution in [0.2, 0.25) is 0 Å². The van der Waals surface area contributed by atoms with E-state index in [1.807, 2.05) is 30.3 Å². The zero-order chi connectivity index (χ0) is 14.6. The maximum Gasteiger partial charge on any atom is 0.234 e. The smallest absolute Gasteiger partial charge is 0.234 e. The summed E-state index contributed by atoms with van der Waals surface area (Å²) in [6.45, 7) is 0. The Kier molecular flexibility index (Phi) is 4.57. The van der Waals surface area contributed by atoms with Crippen LogP contribution in [0.15, 0.2) is 35.7 Å². The lowest BCUT2D eigenvalue weighted by Crippen LogP contribution is -2.41. The fourth-order valence-corrected chi connectivity index (χ4v) is 3.54. The van der Waals surface area contributed by atoms with Crippen LogP contribution in [-0.4, -0.2) is 20.4 Å². The highest BCUT2D eigenvalue weighted by Crippen LogP contribution is 2.26.